The highest BCUT2D eigenvalue weighted by atomic mass is 16.1. The van der Waals surface area contributed by atoms with Gasteiger partial charge >= 0.3 is 5.69 Å². The number of fused-ring (bicyclic) bond motifs is 1. The molecule has 0 aliphatic heterocycles. The molecule has 0 bridgehead atoms. The van der Waals surface area contributed by atoms with E-state index in [-0.39, 0.29) is 5.95 Å². The minimum Gasteiger partial charge on any atom is -0.361 e. The number of rotatable bonds is 6. The fraction of sp³-hybridized carbons (Fsp3) is 0.0417. The summed E-state index contributed by atoms with van der Waals surface area (Å²) >= 11 is 0. The summed E-state index contributed by atoms with van der Waals surface area (Å²) in [6.45, 7) is 0.498. The molecule has 0 aliphatic rings. The van der Waals surface area contributed by atoms with Gasteiger partial charge in [-0.15, -0.1) is 0 Å². The van der Waals surface area contributed by atoms with Gasteiger partial charge in [0.1, 0.15) is 0 Å². The van der Waals surface area contributed by atoms with E-state index in [2.05, 4.69) is 42.7 Å². The minimum atomic E-state index is -0.475. The van der Waals surface area contributed by atoms with E-state index in [0.29, 0.717) is 12.5 Å². The molecule has 152 valence electrons. The second-order valence-electron chi connectivity index (χ2n) is 7.12. The molecular weight excluding hydrogens is 388 g/mol. The number of aromatic amines is 2. The summed E-state index contributed by atoms with van der Waals surface area (Å²) in [4.78, 5) is 26.4. The zero-order valence-corrected chi connectivity index (χ0v) is 16.6. The summed E-state index contributed by atoms with van der Waals surface area (Å²) in [7, 11) is 0. The van der Waals surface area contributed by atoms with Crippen molar-refractivity contribution in [1.82, 2.24) is 19.9 Å². The fourth-order valence-electron chi connectivity index (χ4n) is 3.50. The molecule has 3 aromatic carbocycles. The molecule has 0 fully saturated rings. The predicted molar refractivity (Wildman–Crippen MR) is 123 cm³/mol. The molecule has 0 radical (unpaired) electrons. The Hall–Kier alpha value is -4.39. The van der Waals surface area contributed by atoms with E-state index in [1.54, 1.807) is 0 Å². The van der Waals surface area contributed by atoms with Crippen LogP contribution in [0.4, 0.5) is 17.6 Å². The summed E-state index contributed by atoms with van der Waals surface area (Å²) in [5.41, 5.74) is 4.56. The number of hydrogen-bond donors (Lipinski definition) is 4. The summed E-state index contributed by atoms with van der Waals surface area (Å²) in [6.07, 6.45) is 1.91. The third-order valence-electron chi connectivity index (χ3n) is 4.99. The Morgan fingerprint density at radius 2 is 1.71 bits per heavy atom. The van der Waals surface area contributed by atoms with Crippen LogP contribution in [0.3, 0.4) is 0 Å². The zero-order valence-electron chi connectivity index (χ0n) is 16.6. The summed E-state index contributed by atoms with van der Waals surface area (Å²) in [5.74, 6) is 0.584. The van der Waals surface area contributed by atoms with Crippen LogP contribution in [0.5, 0.6) is 0 Å². The molecule has 0 aliphatic carbocycles. The maximum atomic E-state index is 12.1. The lowest BCUT2D eigenvalue weighted by Crippen LogP contribution is -2.18. The van der Waals surface area contributed by atoms with Gasteiger partial charge in [0.2, 0.25) is 11.9 Å². The quantitative estimate of drug-likeness (QED) is 0.327. The van der Waals surface area contributed by atoms with Crippen molar-refractivity contribution in [2.45, 2.75) is 6.54 Å². The highest BCUT2D eigenvalue weighted by Crippen LogP contribution is 2.29. The second kappa shape index (κ2) is 8.16. The maximum absolute atomic E-state index is 12.1. The van der Waals surface area contributed by atoms with Gasteiger partial charge in [0.15, 0.2) is 0 Å². The molecule has 5 aromatic rings. The number of para-hydroxylation sites is 1. The molecule has 0 saturated heterocycles. The number of anilines is 3. The second-order valence-corrected chi connectivity index (χ2v) is 7.12. The Balaban J connectivity index is 1.37. The van der Waals surface area contributed by atoms with Crippen LogP contribution in [0.25, 0.3) is 22.0 Å². The molecular formula is C24H20N6O. The smallest absolute Gasteiger partial charge is 0.351 e. The highest BCUT2D eigenvalue weighted by Gasteiger charge is 2.08. The van der Waals surface area contributed by atoms with E-state index in [0.717, 1.165) is 33.3 Å². The highest BCUT2D eigenvalue weighted by molar-refractivity contribution is 5.80. The molecule has 0 spiro atoms. The fourth-order valence-corrected chi connectivity index (χ4v) is 3.50. The van der Waals surface area contributed by atoms with Gasteiger partial charge in [-0.2, -0.15) is 9.97 Å². The maximum Gasteiger partial charge on any atom is 0.351 e. The average Bonchev–Trinajstić information content (AvgIpc) is 3.26. The Morgan fingerprint density at radius 3 is 2.61 bits per heavy atom. The molecule has 5 rings (SSSR count). The van der Waals surface area contributed by atoms with Crippen LogP contribution in [0.15, 0.2) is 89.9 Å². The van der Waals surface area contributed by atoms with Gasteiger partial charge in [-0.3, -0.25) is 4.98 Å². The zero-order chi connectivity index (χ0) is 21.0. The molecule has 7 nitrogen and oxygen atoms in total. The molecule has 7 heteroatoms. The van der Waals surface area contributed by atoms with Crippen LogP contribution < -0.4 is 16.3 Å². The van der Waals surface area contributed by atoms with Crippen molar-refractivity contribution in [3.8, 4) is 11.1 Å². The molecule has 0 saturated carbocycles. The third kappa shape index (κ3) is 4.16. The third-order valence-corrected chi connectivity index (χ3v) is 4.99. The Kier molecular flexibility index (Phi) is 4.90. The molecule has 0 amide bonds. The van der Waals surface area contributed by atoms with Gasteiger partial charge < -0.3 is 15.6 Å². The number of nitrogens with zero attached hydrogens (tertiary/aromatic N) is 2. The van der Waals surface area contributed by atoms with Gasteiger partial charge in [0.25, 0.3) is 0 Å². The monoisotopic (exact) mass is 408 g/mol. The van der Waals surface area contributed by atoms with Gasteiger partial charge in [-0.1, -0.05) is 60.7 Å². The lowest BCUT2D eigenvalue weighted by molar-refractivity contribution is 0.967. The van der Waals surface area contributed by atoms with E-state index in [9.17, 15) is 4.79 Å². The number of benzene rings is 3. The predicted octanol–water partition coefficient (Wildman–Crippen LogP) is 4.67. The van der Waals surface area contributed by atoms with Gasteiger partial charge in [0, 0.05) is 29.5 Å². The molecule has 31 heavy (non-hydrogen) atoms. The molecule has 4 N–H and O–H groups in total. The molecule has 0 atom stereocenters. The van der Waals surface area contributed by atoms with Gasteiger partial charge in [-0.05, 0) is 34.7 Å². The van der Waals surface area contributed by atoms with Crippen LogP contribution in [-0.2, 0) is 6.54 Å². The largest absolute Gasteiger partial charge is 0.361 e. The Labute approximate surface area is 178 Å². The van der Waals surface area contributed by atoms with Crippen molar-refractivity contribution in [1.29, 1.82) is 0 Å². The molecule has 2 heterocycles. The van der Waals surface area contributed by atoms with Crippen molar-refractivity contribution in [3.63, 3.8) is 0 Å². The molecule has 0 unspecified atom stereocenters. The molecule has 2 aromatic heterocycles. The first-order valence-electron chi connectivity index (χ1n) is 9.94. The lowest BCUT2D eigenvalue weighted by Gasteiger charge is -2.12. The van der Waals surface area contributed by atoms with Crippen molar-refractivity contribution >= 4 is 28.5 Å². The first kappa shape index (κ1) is 18.6. The minimum absolute atomic E-state index is 0.259. The SMILES string of the molecule is O=c1nc(NCc2ccc3cc[nH]c3c2)nc(Nc2ccccc2-c2ccccc2)[nH]1. The van der Waals surface area contributed by atoms with Crippen LogP contribution in [0, 0.1) is 0 Å². The van der Waals surface area contributed by atoms with Crippen LogP contribution >= 0.6 is 0 Å². The summed E-state index contributed by atoms with van der Waals surface area (Å²) in [5, 5.41) is 7.51. The Morgan fingerprint density at radius 1 is 0.871 bits per heavy atom. The normalized spacial score (nSPS) is 10.8. The van der Waals surface area contributed by atoms with Crippen LogP contribution in [0.2, 0.25) is 0 Å². The Bertz CT molecular complexity index is 1390. The van der Waals surface area contributed by atoms with E-state index in [1.165, 1.54) is 0 Å². The topological polar surface area (TPSA) is 98.5 Å². The summed E-state index contributed by atoms with van der Waals surface area (Å²) < 4.78 is 0. The standard InChI is InChI=1S/C24H20N6O/c31-24-29-22(26-15-16-10-11-18-12-13-25-21(18)14-16)28-23(30-24)27-20-9-5-4-8-19(20)17-6-2-1-3-7-17/h1-14,25H,15H2,(H3,26,27,28,29,30,31). The van der Waals surface area contributed by atoms with Gasteiger partial charge in [0.05, 0.1) is 0 Å². The van der Waals surface area contributed by atoms with Crippen LogP contribution in [-0.4, -0.2) is 19.9 Å². The number of nitrogens with one attached hydrogen (secondary N) is 4. The van der Waals surface area contributed by atoms with E-state index >= 15 is 0 Å². The average molecular weight is 408 g/mol. The lowest BCUT2D eigenvalue weighted by atomic mass is 10.0. The number of aromatic nitrogens is 4. The van der Waals surface area contributed by atoms with Crippen molar-refractivity contribution in [2.75, 3.05) is 10.6 Å². The first-order chi connectivity index (χ1) is 15.2. The van der Waals surface area contributed by atoms with E-state index in [4.69, 9.17) is 0 Å². The number of H-pyrrole nitrogens is 2. The van der Waals surface area contributed by atoms with Crippen molar-refractivity contribution in [2.24, 2.45) is 0 Å². The number of hydrogen-bond acceptors (Lipinski definition) is 5. The van der Waals surface area contributed by atoms with E-state index < -0.39 is 5.69 Å². The first-order valence-corrected chi connectivity index (χ1v) is 9.94. The van der Waals surface area contributed by atoms with Crippen LogP contribution in [0.1, 0.15) is 5.56 Å². The van der Waals surface area contributed by atoms with Crippen molar-refractivity contribution in [3.05, 3.63) is 101 Å². The van der Waals surface area contributed by atoms with Crippen molar-refractivity contribution < 1.29 is 0 Å². The summed E-state index contributed by atoms with van der Waals surface area (Å²) in [6, 6.07) is 26.1. The van der Waals surface area contributed by atoms with Gasteiger partial charge in [-0.25, -0.2) is 4.79 Å². The van der Waals surface area contributed by atoms with E-state index in [1.807, 2.05) is 72.9 Å².